The van der Waals surface area contributed by atoms with E-state index < -0.39 is 0 Å². The first kappa shape index (κ1) is 13.6. The molecule has 1 heterocycles. The van der Waals surface area contributed by atoms with Crippen molar-refractivity contribution < 1.29 is 0 Å². The first-order valence-corrected chi connectivity index (χ1v) is 7.34. The van der Waals surface area contributed by atoms with Gasteiger partial charge in [-0.2, -0.15) is 5.26 Å². The molecule has 0 saturated heterocycles. The van der Waals surface area contributed by atoms with Crippen molar-refractivity contribution in [1.82, 2.24) is 4.98 Å². The van der Waals surface area contributed by atoms with E-state index in [0.717, 1.165) is 20.9 Å². The monoisotopic (exact) mass is 337 g/mol. The van der Waals surface area contributed by atoms with E-state index in [1.165, 1.54) is 0 Å². The molecule has 0 unspecified atom stereocenters. The van der Waals surface area contributed by atoms with E-state index in [2.05, 4.69) is 32.3 Å². The first-order valence-electron chi connectivity index (χ1n) is 6.55. The number of rotatable bonds is 3. The summed E-state index contributed by atoms with van der Waals surface area (Å²) in [7, 11) is 0. The van der Waals surface area contributed by atoms with E-state index in [9.17, 15) is 5.26 Å². The number of nitrogens with one attached hydrogen (secondary N) is 1. The van der Waals surface area contributed by atoms with Crippen LogP contribution >= 0.6 is 15.9 Å². The van der Waals surface area contributed by atoms with Gasteiger partial charge in [0.2, 0.25) is 0 Å². The summed E-state index contributed by atoms with van der Waals surface area (Å²) in [5, 5.41) is 13.5. The lowest BCUT2D eigenvalue weighted by Crippen LogP contribution is -2.04. The van der Waals surface area contributed by atoms with Crippen LogP contribution in [-0.2, 0) is 6.54 Å². The second-order valence-electron chi connectivity index (χ2n) is 4.63. The maximum atomic E-state index is 9.29. The van der Waals surface area contributed by atoms with E-state index in [-0.39, 0.29) is 0 Å². The summed E-state index contributed by atoms with van der Waals surface area (Å²) in [5.41, 5.74) is 2.56. The molecular formula is C17H12BrN3. The third-order valence-electron chi connectivity index (χ3n) is 3.25. The molecule has 0 aliphatic heterocycles. The SMILES string of the molecule is N#Cc1cc2ccccc2nc1NCc1ccccc1Br. The number of hydrogen-bond donors (Lipinski definition) is 1. The largest absolute Gasteiger partial charge is 0.365 e. The van der Waals surface area contributed by atoms with Gasteiger partial charge in [0.1, 0.15) is 11.9 Å². The Bertz CT molecular complexity index is 837. The van der Waals surface area contributed by atoms with Crippen LogP contribution in [0.4, 0.5) is 5.82 Å². The van der Waals surface area contributed by atoms with Gasteiger partial charge in [-0.25, -0.2) is 4.98 Å². The van der Waals surface area contributed by atoms with Crippen LogP contribution in [0, 0.1) is 11.3 Å². The Morgan fingerprint density at radius 3 is 2.67 bits per heavy atom. The number of hydrogen-bond acceptors (Lipinski definition) is 3. The molecule has 1 N–H and O–H groups in total. The first-order chi connectivity index (χ1) is 10.3. The van der Waals surface area contributed by atoms with Gasteiger partial charge in [-0.1, -0.05) is 52.3 Å². The molecule has 2 aromatic carbocycles. The number of nitrogens with zero attached hydrogens (tertiary/aromatic N) is 2. The highest BCUT2D eigenvalue weighted by Gasteiger charge is 2.07. The maximum Gasteiger partial charge on any atom is 0.144 e. The predicted octanol–water partition coefficient (Wildman–Crippen LogP) is 4.48. The third kappa shape index (κ3) is 2.88. The van der Waals surface area contributed by atoms with E-state index >= 15 is 0 Å². The van der Waals surface area contributed by atoms with E-state index in [1.807, 2.05) is 54.6 Å². The summed E-state index contributed by atoms with van der Waals surface area (Å²) in [6, 6.07) is 19.8. The fraction of sp³-hybridized carbons (Fsp3) is 0.0588. The van der Waals surface area contributed by atoms with Crippen LogP contribution in [0.5, 0.6) is 0 Å². The lowest BCUT2D eigenvalue weighted by molar-refractivity contribution is 1.11. The van der Waals surface area contributed by atoms with Crippen LogP contribution in [0.25, 0.3) is 10.9 Å². The van der Waals surface area contributed by atoms with Crippen LogP contribution in [-0.4, -0.2) is 4.98 Å². The number of anilines is 1. The molecule has 0 amide bonds. The van der Waals surface area contributed by atoms with Gasteiger partial charge in [0, 0.05) is 16.4 Å². The molecule has 0 bridgehead atoms. The van der Waals surface area contributed by atoms with Crippen molar-refractivity contribution in [1.29, 1.82) is 5.26 Å². The smallest absolute Gasteiger partial charge is 0.144 e. The van der Waals surface area contributed by atoms with Crippen LogP contribution in [0.3, 0.4) is 0 Å². The highest BCUT2D eigenvalue weighted by atomic mass is 79.9. The Morgan fingerprint density at radius 1 is 1.10 bits per heavy atom. The summed E-state index contributed by atoms with van der Waals surface area (Å²) in [6.45, 7) is 0.613. The normalized spacial score (nSPS) is 10.3. The zero-order valence-electron chi connectivity index (χ0n) is 11.2. The fourth-order valence-corrected chi connectivity index (χ4v) is 2.58. The zero-order valence-corrected chi connectivity index (χ0v) is 12.8. The minimum Gasteiger partial charge on any atom is -0.365 e. The summed E-state index contributed by atoms with van der Waals surface area (Å²) in [4.78, 5) is 4.54. The summed E-state index contributed by atoms with van der Waals surface area (Å²) in [5.74, 6) is 0.618. The molecule has 3 aromatic rings. The Labute approximate surface area is 131 Å². The Hall–Kier alpha value is -2.38. The number of nitriles is 1. The average molecular weight is 338 g/mol. The summed E-state index contributed by atoms with van der Waals surface area (Å²) in [6.07, 6.45) is 0. The van der Waals surface area contributed by atoms with E-state index in [0.29, 0.717) is 17.9 Å². The van der Waals surface area contributed by atoms with Gasteiger partial charge in [0.05, 0.1) is 11.1 Å². The van der Waals surface area contributed by atoms with Gasteiger partial charge < -0.3 is 5.32 Å². The lowest BCUT2D eigenvalue weighted by Gasteiger charge is -2.10. The molecule has 21 heavy (non-hydrogen) atoms. The van der Waals surface area contributed by atoms with Gasteiger partial charge in [-0.05, 0) is 23.8 Å². The lowest BCUT2D eigenvalue weighted by atomic mass is 10.1. The maximum absolute atomic E-state index is 9.29. The second-order valence-corrected chi connectivity index (χ2v) is 5.49. The van der Waals surface area contributed by atoms with E-state index in [4.69, 9.17) is 0 Å². The van der Waals surface area contributed by atoms with Crippen LogP contribution < -0.4 is 5.32 Å². The van der Waals surface area contributed by atoms with E-state index in [1.54, 1.807) is 0 Å². The average Bonchev–Trinajstić information content (AvgIpc) is 2.53. The molecule has 3 nitrogen and oxygen atoms in total. The van der Waals surface area contributed by atoms with Crippen molar-refractivity contribution in [2.75, 3.05) is 5.32 Å². The van der Waals surface area contributed by atoms with Crippen molar-refractivity contribution in [2.45, 2.75) is 6.54 Å². The number of pyridine rings is 1. The molecular weight excluding hydrogens is 326 g/mol. The number of benzene rings is 2. The Morgan fingerprint density at radius 2 is 1.86 bits per heavy atom. The minimum atomic E-state index is 0.556. The molecule has 0 aliphatic carbocycles. The molecule has 1 aromatic heterocycles. The molecule has 0 aliphatic rings. The Kier molecular flexibility index (Phi) is 3.85. The third-order valence-corrected chi connectivity index (χ3v) is 4.02. The number of fused-ring (bicyclic) bond motifs is 1. The van der Waals surface area contributed by atoms with Gasteiger partial charge in [-0.15, -0.1) is 0 Å². The predicted molar refractivity (Wildman–Crippen MR) is 87.9 cm³/mol. The molecule has 4 heteroatoms. The van der Waals surface area contributed by atoms with Crippen molar-refractivity contribution in [3.8, 4) is 6.07 Å². The summed E-state index contributed by atoms with van der Waals surface area (Å²) >= 11 is 3.52. The van der Waals surface area contributed by atoms with Crippen LogP contribution in [0.1, 0.15) is 11.1 Å². The van der Waals surface area contributed by atoms with Crippen molar-refractivity contribution in [3.05, 3.63) is 70.2 Å². The number of para-hydroxylation sites is 1. The molecule has 102 valence electrons. The fourth-order valence-electron chi connectivity index (χ4n) is 2.16. The highest BCUT2D eigenvalue weighted by molar-refractivity contribution is 9.10. The molecule has 0 spiro atoms. The van der Waals surface area contributed by atoms with Gasteiger partial charge >= 0.3 is 0 Å². The molecule has 0 atom stereocenters. The zero-order chi connectivity index (χ0) is 14.7. The van der Waals surface area contributed by atoms with Gasteiger partial charge in [-0.3, -0.25) is 0 Å². The van der Waals surface area contributed by atoms with Crippen LogP contribution in [0.15, 0.2) is 59.1 Å². The Balaban J connectivity index is 1.93. The minimum absolute atomic E-state index is 0.556. The topological polar surface area (TPSA) is 48.7 Å². The van der Waals surface area contributed by atoms with Crippen molar-refractivity contribution in [2.24, 2.45) is 0 Å². The van der Waals surface area contributed by atoms with Crippen LogP contribution in [0.2, 0.25) is 0 Å². The molecule has 0 saturated carbocycles. The molecule has 0 radical (unpaired) electrons. The number of halogens is 1. The van der Waals surface area contributed by atoms with Gasteiger partial charge in [0.25, 0.3) is 0 Å². The molecule has 3 rings (SSSR count). The quantitative estimate of drug-likeness (QED) is 0.766. The number of aromatic nitrogens is 1. The second kappa shape index (κ2) is 5.94. The van der Waals surface area contributed by atoms with Crippen molar-refractivity contribution >= 4 is 32.7 Å². The van der Waals surface area contributed by atoms with Gasteiger partial charge in [0.15, 0.2) is 0 Å². The standard InChI is InChI=1S/C17H12BrN3/c18-15-7-3-1-6-13(15)11-20-17-14(10-19)9-12-5-2-4-8-16(12)21-17/h1-9H,11H2,(H,20,21). The highest BCUT2D eigenvalue weighted by Crippen LogP contribution is 2.22. The molecule has 0 fully saturated rings. The summed E-state index contributed by atoms with van der Waals surface area (Å²) < 4.78 is 1.04. The van der Waals surface area contributed by atoms with Crippen molar-refractivity contribution in [3.63, 3.8) is 0 Å².